The first-order valence-electron chi connectivity index (χ1n) is 6.08. The summed E-state index contributed by atoms with van der Waals surface area (Å²) < 4.78 is 4.83. The van der Waals surface area contributed by atoms with Crippen molar-refractivity contribution >= 4 is 11.7 Å². The van der Waals surface area contributed by atoms with Crippen molar-refractivity contribution < 1.29 is 9.53 Å². The molecule has 3 heteroatoms. The Balaban J connectivity index is 2.47. The van der Waals surface area contributed by atoms with Crippen molar-refractivity contribution in [1.29, 1.82) is 0 Å². The molecule has 0 radical (unpaired) electrons. The summed E-state index contributed by atoms with van der Waals surface area (Å²) >= 11 is 0. The molecule has 1 rings (SSSR count). The lowest BCUT2D eigenvalue weighted by Crippen LogP contribution is -2.07. The number of esters is 1. The van der Waals surface area contributed by atoms with E-state index in [1.165, 1.54) is 0 Å². The van der Waals surface area contributed by atoms with E-state index in [1.54, 1.807) is 12.1 Å². The number of carbonyl (C=O) groups is 1. The maximum absolute atomic E-state index is 11.5. The van der Waals surface area contributed by atoms with Crippen LogP contribution in [0, 0.1) is 18.3 Å². The van der Waals surface area contributed by atoms with E-state index in [0.29, 0.717) is 11.5 Å². The second-order valence-corrected chi connectivity index (χ2v) is 4.47. The molecule has 0 atom stereocenters. The van der Waals surface area contributed by atoms with Gasteiger partial charge in [0.1, 0.15) is 0 Å². The highest BCUT2D eigenvalue weighted by molar-refractivity contribution is 5.89. The fraction of sp³-hybridized carbons (Fsp3) is 0.400. The van der Waals surface area contributed by atoms with Crippen molar-refractivity contribution in [3.8, 4) is 12.3 Å². The third-order valence-electron chi connectivity index (χ3n) is 2.46. The van der Waals surface area contributed by atoms with Gasteiger partial charge in [-0.2, -0.15) is 0 Å². The number of terminal acetylenes is 1. The Morgan fingerprint density at radius 2 is 2.06 bits per heavy atom. The molecular formula is C15H19NO2. The number of ether oxygens (including phenoxy) is 1. The van der Waals surface area contributed by atoms with Crippen LogP contribution in [0.1, 0.15) is 30.6 Å². The lowest BCUT2D eigenvalue weighted by Gasteiger charge is -2.08. The molecule has 0 saturated heterocycles. The van der Waals surface area contributed by atoms with E-state index in [-0.39, 0.29) is 12.6 Å². The Morgan fingerprint density at radius 1 is 1.39 bits per heavy atom. The van der Waals surface area contributed by atoms with Gasteiger partial charge in [-0.1, -0.05) is 19.8 Å². The normalized spacial score (nSPS) is 9.89. The summed E-state index contributed by atoms with van der Waals surface area (Å²) in [6.45, 7) is 5.31. The number of hydrogen-bond donors (Lipinski definition) is 1. The molecule has 0 amide bonds. The largest absolute Gasteiger partial charge is 0.449 e. The van der Waals surface area contributed by atoms with E-state index in [9.17, 15) is 4.79 Å². The fourth-order valence-corrected chi connectivity index (χ4v) is 1.42. The average Bonchev–Trinajstić information content (AvgIpc) is 2.36. The molecule has 0 unspecified atom stereocenters. The molecule has 0 bridgehead atoms. The zero-order valence-corrected chi connectivity index (χ0v) is 10.9. The molecule has 3 nitrogen and oxygen atoms in total. The van der Waals surface area contributed by atoms with E-state index < -0.39 is 0 Å². The van der Waals surface area contributed by atoms with Crippen LogP contribution in [0.15, 0.2) is 24.3 Å². The Labute approximate surface area is 109 Å². The van der Waals surface area contributed by atoms with Crippen molar-refractivity contribution in [3.63, 3.8) is 0 Å². The van der Waals surface area contributed by atoms with Crippen LogP contribution >= 0.6 is 0 Å². The minimum absolute atomic E-state index is 0.00717. The summed E-state index contributed by atoms with van der Waals surface area (Å²) in [7, 11) is 0. The summed E-state index contributed by atoms with van der Waals surface area (Å²) in [5, 5.41) is 3.30. The van der Waals surface area contributed by atoms with E-state index in [0.717, 1.165) is 18.7 Å². The zero-order chi connectivity index (χ0) is 13.4. The standard InChI is InChI=1S/C15H19NO2/c1-4-11-18-15(17)13-5-7-14(8-6-13)16-10-9-12(2)3/h1,5-8,12,16H,9-11H2,2-3H3. The van der Waals surface area contributed by atoms with Crippen molar-refractivity contribution in [2.24, 2.45) is 5.92 Å². The van der Waals surface area contributed by atoms with Gasteiger partial charge in [-0.15, -0.1) is 6.42 Å². The summed E-state index contributed by atoms with van der Waals surface area (Å²) in [5.41, 5.74) is 1.52. The Bertz CT molecular complexity index is 415. The van der Waals surface area contributed by atoms with Crippen molar-refractivity contribution in [2.45, 2.75) is 20.3 Å². The Hall–Kier alpha value is -1.95. The predicted octanol–water partition coefficient (Wildman–Crippen LogP) is 2.93. The molecule has 18 heavy (non-hydrogen) atoms. The highest BCUT2D eigenvalue weighted by Gasteiger charge is 2.05. The molecule has 0 aromatic heterocycles. The van der Waals surface area contributed by atoms with Gasteiger partial charge in [-0.05, 0) is 36.6 Å². The maximum Gasteiger partial charge on any atom is 0.339 e. The number of anilines is 1. The summed E-state index contributed by atoms with van der Waals surface area (Å²) in [6, 6.07) is 7.20. The van der Waals surface area contributed by atoms with Crippen LogP contribution < -0.4 is 5.32 Å². The summed E-state index contributed by atoms with van der Waals surface area (Å²) in [4.78, 5) is 11.5. The minimum Gasteiger partial charge on any atom is -0.449 e. The van der Waals surface area contributed by atoms with Crippen LogP contribution in [0.5, 0.6) is 0 Å². The topological polar surface area (TPSA) is 38.3 Å². The van der Waals surface area contributed by atoms with Gasteiger partial charge in [-0.3, -0.25) is 0 Å². The minimum atomic E-state index is -0.387. The first-order chi connectivity index (χ1) is 8.63. The molecule has 0 heterocycles. The second-order valence-electron chi connectivity index (χ2n) is 4.47. The Kier molecular flexibility index (Phi) is 5.79. The van der Waals surface area contributed by atoms with Gasteiger partial charge in [0.2, 0.25) is 0 Å². The average molecular weight is 245 g/mol. The molecule has 0 aliphatic carbocycles. The lowest BCUT2D eigenvalue weighted by molar-refractivity contribution is 0.0557. The Morgan fingerprint density at radius 3 is 2.61 bits per heavy atom. The monoisotopic (exact) mass is 245 g/mol. The first-order valence-corrected chi connectivity index (χ1v) is 6.08. The van der Waals surface area contributed by atoms with Crippen LogP contribution in [-0.2, 0) is 4.74 Å². The molecule has 1 aromatic carbocycles. The van der Waals surface area contributed by atoms with Crippen LogP contribution in [0.3, 0.4) is 0 Å². The molecule has 0 spiro atoms. The first kappa shape index (κ1) is 14.1. The SMILES string of the molecule is C#CCOC(=O)c1ccc(NCCC(C)C)cc1. The summed E-state index contributed by atoms with van der Waals surface area (Å²) in [6.07, 6.45) is 6.14. The molecule has 0 fully saturated rings. The number of benzene rings is 1. The van der Waals surface area contributed by atoms with Gasteiger partial charge >= 0.3 is 5.97 Å². The summed E-state index contributed by atoms with van der Waals surface area (Å²) in [5.74, 6) is 2.55. The van der Waals surface area contributed by atoms with Crippen molar-refractivity contribution in [1.82, 2.24) is 0 Å². The third kappa shape index (κ3) is 4.92. The van der Waals surface area contributed by atoms with Gasteiger partial charge in [0.05, 0.1) is 5.56 Å². The van der Waals surface area contributed by atoms with E-state index >= 15 is 0 Å². The number of nitrogens with one attached hydrogen (secondary N) is 1. The zero-order valence-electron chi connectivity index (χ0n) is 10.9. The predicted molar refractivity (Wildman–Crippen MR) is 73.5 cm³/mol. The van der Waals surface area contributed by atoms with Crippen LogP contribution in [-0.4, -0.2) is 19.1 Å². The van der Waals surface area contributed by atoms with E-state index in [1.807, 2.05) is 12.1 Å². The van der Waals surface area contributed by atoms with Gasteiger partial charge in [0, 0.05) is 12.2 Å². The van der Waals surface area contributed by atoms with Gasteiger partial charge in [0.15, 0.2) is 6.61 Å². The number of carbonyl (C=O) groups excluding carboxylic acids is 1. The fourth-order valence-electron chi connectivity index (χ4n) is 1.42. The molecular weight excluding hydrogens is 226 g/mol. The maximum atomic E-state index is 11.5. The number of hydrogen-bond acceptors (Lipinski definition) is 3. The third-order valence-corrected chi connectivity index (χ3v) is 2.46. The van der Waals surface area contributed by atoms with Gasteiger partial charge in [0.25, 0.3) is 0 Å². The van der Waals surface area contributed by atoms with Gasteiger partial charge < -0.3 is 10.1 Å². The lowest BCUT2D eigenvalue weighted by atomic mass is 10.1. The highest BCUT2D eigenvalue weighted by Crippen LogP contribution is 2.11. The quantitative estimate of drug-likeness (QED) is 0.618. The van der Waals surface area contributed by atoms with Crippen LogP contribution in [0.25, 0.3) is 0 Å². The van der Waals surface area contributed by atoms with Crippen molar-refractivity contribution in [3.05, 3.63) is 29.8 Å². The molecule has 1 N–H and O–H groups in total. The van der Waals surface area contributed by atoms with Crippen molar-refractivity contribution in [2.75, 3.05) is 18.5 Å². The van der Waals surface area contributed by atoms with E-state index in [4.69, 9.17) is 11.2 Å². The van der Waals surface area contributed by atoms with Crippen LogP contribution in [0.2, 0.25) is 0 Å². The van der Waals surface area contributed by atoms with Crippen LogP contribution in [0.4, 0.5) is 5.69 Å². The smallest absolute Gasteiger partial charge is 0.339 e. The van der Waals surface area contributed by atoms with E-state index in [2.05, 4.69) is 25.1 Å². The molecule has 1 aromatic rings. The molecule has 0 aliphatic heterocycles. The molecule has 0 aliphatic rings. The molecule has 0 saturated carbocycles. The molecule has 96 valence electrons. The number of rotatable bonds is 6. The highest BCUT2D eigenvalue weighted by atomic mass is 16.5. The van der Waals surface area contributed by atoms with Gasteiger partial charge in [-0.25, -0.2) is 4.79 Å². The second kappa shape index (κ2) is 7.39.